The summed E-state index contributed by atoms with van der Waals surface area (Å²) < 4.78 is 5.45. The van der Waals surface area contributed by atoms with E-state index in [0.29, 0.717) is 12.4 Å². The molecular formula is C19H26N2O3. The summed E-state index contributed by atoms with van der Waals surface area (Å²) in [5, 5.41) is 12.7. The molecule has 0 bridgehead atoms. The fraction of sp³-hybridized carbons (Fsp3) is 0.526. The van der Waals surface area contributed by atoms with Crippen molar-refractivity contribution in [2.45, 2.75) is 31.8 Å². The van der Waals surface area contributed by atoms with Crippen LogP contribution in [0.2, 0.25) is 0 Å². The normalized spacial score (nSPS) is 24.8. The number of carbonyl (C=O) groups excluding carboxylic acids is 1. The first-order chi connectivity index (χ1) is 11.8. The van der Waals surface area contributed by atoms with Gasteiger partial charge in [0.15, 0.2) is 5.76 Å². The Morgan fingerprint density at radius 3 is 2.88 bits per heavy atom. The molecule has 24 heavy (non-hydrogen) atoms. The van der Waals surface area contributed by atoms with Crippen LogP contribution in [0.3, 0.4) is 0 Å². The molecule has 5 heteroatoms. The summed E-state index contributed by atoms with van der Waals surface area (Å²) in [5.41, 5.74) is 1.27. The van der Waals surface area contributed by atoms with E-state index in [1.807, 2.05) is 24.3 Å². The van der Waals surface area contributed by atoms with Crippen LogP contribution in [-0.2, 0) is 16.1 Å². The van der Waals surface area contributed by atoms with Crippen molar-refractivity contribution in [1.82, 2.24) is 10.2 Å². The van der Waals surface area contributed by atoms with E-state index in [-0.39, 0.29) is 24.5 Å². The second-order valence-corrected chi connectivity index (χ2v) is 6.59. The molecule has 0 aliphatic carbocycles. The van der Waals surface area contributed by atoms with Crippen LogP contribution in [0.15, 0.2) is 42.2 Å². The number of benzene rings is 1. The Morgan fingerprint density at radius 2 is 2.17 bits per heavy atom. The van der Waals surface area contributed by atoms with Crippen LogP contribution in [0.5, 0.6) is 0 Å². The van der Waals surface area contributed by atoms with E-state index in [1.54, 1.807) is 0 Å². The Labute approximate surface area is 143 Å². The number of allylic oxidation sites excluding steroid dienone is 1. The van der Waals surface area contributed by atoms with Crippen LogP contribution in [0.25, 0.3) is 0 Å². The van der Waals surface area contributed by atoms with Crippen molar-refractivity contribution in [3.05, 3.63) is 47.7 Å². The van der Waals surface area contributed by atoms with Crippen LogP contribution in [0, 0.1) is 5.92 Å². The van der Waals surface area contributed by atoms with Crippen LogP contribution in [-0.4, -0.2) is 48.3 Å². The van der Waals surface area contributed by atoms with E-state index in [4.69, 9.17) is 4.74 Å². The molecule has 5 nitrogen and oxygen atoms in total. The second-order valence-electron chi connectivity index (χ2n) is 6.59. The topological polar surface area (TPSA) is 61.8 Å². The smallest absolute Gasteiger partial charge is 0.286 e. The number of likely N-dealkylation sites (tertiary alicyclic amines) is 1. The molecule has 2 N–H and O–H groups in total. The molecule has 1 aromatic rings. The molecule has 0 radical (unpaired) electrons. The summed E-state index contributed by atoms with van der Waals surface area (Å²) in [6, 6.07) is 10.3. The average molecular weight is 330 g/mol. The summed E-state index contributed by atoms with van der Waals surface area (Å²) in [5.74, 6) is 0.378. The number of ether oxygens (including phenoxy) is 1. The van der Waals surface area contributed by atoms with Gasteiger partial charge in [-0.2, -0.15) is 0 Å². The van der Waals surface area contributed by atoms with Crippen LogP contribution < -0.4 is 5.32 Å². The van der Waals surface area contributed by atoms with Crippen molar-refractivity contribution in [2.24, 2.45) is 5.92 Å². The monoisotopic (exact) mass is 330 g/mol. The Balaban J connectivity index is 1.60. The Hall–Kier alpha value is -1.85. The highest BCUT2D eigenvalue weighted by molar-refractivity contribution is 5.91. The summed E-state index contributed by atoms with van der Waals surface area (Å²) in [6.45, 7) is 3.26. The zero-order chi connectivity index (χ0) is 16.8. The Kier molecular flexibility index (Phi) is 5.88. The summed E-state index contributed by atoms with van der Waals surface area (Å²) in [6.07, 6.45) is 4.59. The lowest BCUT2D eigenvalue weighted by atomic mass is 9.91. The zero-order valence-corrected chi connectivity index (χ0v) is 14.0. The molecule has 1 saturated heterocycles. The van der Waals surface area contributed by atoms with Gasteiger partial charge in [0.05, 0.1) is 6.61 Å². The standard InChI is InChI=1S/C19H26N2O3/c22-14-16-9-10-21(12-15-6-2-1-3-7-15)13-17(16)20-19(23)18-8-4-5-11-24-18/h1-3,6-8,16-17,22H,4-5,9-14H2,(H,20,23)/t16-,17+/m0/s1. The predicted molar refractivity (Wildman–Crippen MR) is 92.1 cm³/mol. The highest BCUT2D eigenvalue weighted by Crippen LogP contribution is 2.20. The third-order valence-corrected chi connectivity index (χ3v) is 4.80. The van der Waals surface area contributed by atoms with Crippen molar-refractivity contribution in [3.63, 3.8) is 0 Å². The van der Waals surface area contributed by atoms with Gasteiger partial charge < -0.3 is 15.2 Å². The molecule has 0 saturated carbocycles. The van der Waals surface area contributed by atoms with Gasteiger partial charge in [0.2, 0.25) is 0 Å². The number of hydrogen-bond donors (Lipinski definition) is 2. The molecule has 0 spiro atoms. The van der Waals surface area contributed by atoms with Gasteiger partial charge in [-0.25, -0.2) is 0 Å². The van der Waals surface area contributed by atoms with Gasteiger partial charge in [0, 0.05) is 31.7 Å². The lowest BCUT2D eigenvalue weighted by Gasteiger charge is -2.38. The first kappa shape index (κ1) is 17.0. The molecule has 1 amide bonds. The third kappa shape index (κ3) is 4.36. The maximum Gasteiger partial charge on any atom is 0.286 e. The number of amides is 1. The zero-order valence-electron chi connectivity index (χ0n) is 14.0. The third-order valence-electron chi connectivity index (χ3n) is 4.80. The summed E-state index contributed by atoms with van der Waals surface area (Å²) in [4.78, 5) is 14.7. The van der Waals surface area contributed by atoms with E-state index in [1.165, 1.54) is 5.56 Å². The minimum absolute atomic E-state index is 0.0496. The minimum Gasteiger partial charge on any atom is -0.488 e. The van der Waals surface area contributed by atoms with E-state index in [2.05, 4.69) is 22.3 Å². The van der Waals surface area contributed by atoms with Gasteiger partial charge in [-0.3, -0.25) is 9.69 Å². The number of rotatable bonds is 5. The maximum atomic E-state index is 12.4. The van der Waals surface area contributed by atoms with Crippen molar-refractivity contribution in [3.8, 4) is 0 Å². The number of piperidine rings is 1. The molecule has 1 aromatic carbocycles. The van der Waals surface area contributed by atoms with Crippen molar-refractivity contribution >= 4 is 5.91 Å². The van der Waals surface area contributed by atoms with Crippen molar-refractivity contribution < 1.29 is 14.6 Å². The summed E-state index contributed by atoms with van der Waals surface area (Å²) in [7, 11) is 0. The summed E-state index contributed by atoms with van der Waals surface area (Å²) >= 11 is 0. The van der Waals surface area contributed by atoms with Crippen molar-refractivity contribution in [1.29, 1.82) is 0 Å². The van der Waals surface area contributed by atoms with Gasteiger partial charge in [-0.1, -0.05) is 30.3 Å². The molecule has 2 atom stereocenters. The predicted octanol–water partition coefficient (Wildman–Crippen LogP) is 1.68. The molecule has 0 aromatic heterocycles. The number of hydrogen-bond acceptors (Lipinski definition) is 4. The van der Waals surface area contributed by atoms with Crippen LogP contribution in [0.1, 0.15) is 24.8 Å². The van der Waals surface area contributed by atoms with Crippen LogP contribution >= 0.6 is 0 Å². The number of nitrogens with one attached hydrogen (secondary N) is 1. The molecular weight excluding hydrogens is 304 g/mol. The van der Waals surface area contributed by atoms with Gasteiger partial charge in [0.25, 0.3) is 5.91 Å². The lowest BCUT2D eigenvalue weighted by molar-refractivity contribution is -0.123. The first-order valence-electron chi connectivity index (χ1n) is 8.77. The van der Waals surface area contributed by atoms with Gasteiger partial charge in [-0.05, 0) is 37.4 Å². The quantitative estimate of drug-likeness (QED) is 0.862. The van der Waals surface area contributed by atoms with Crippen molar-refractivity contribution in [2.75, 3.05) is 26.3 Å². The number of aliphatic hydroxyl groups excluding tert-OH is 1. The molecule has 2 heterocycles. The van der Waals surface area contributed by atoms with E-state index in [0.717, 1.165) is 38.9 Å². The van der Waals surface area contributed by atoms with Crippen LogP contribution in [0.4, 0.5) is 0 Å². The number of carbonyl (C=O) groups is 1. The largest absolute Gasteiger partial charge is 0.488 e. The minimum atomic E-state index is -0.153. The molecule has 2 aliphatic rings. The molecule has 0 unspecified atom stereocenters. The lowest BCUT2D eigenvalue weighted by Crippen LogP contribution is -2.53. The van der Waals surface area contributed by atoms with E-state index >= 15 is 0 Å². The fourth-order valence-corrected chi connectivity index (χ4v) is 3.39. The number of aliphatic hydroxyl groups is 1. The first-order valence-corrected chi connectivity index (χ1v) is 8.77. The van der Waals surface area contributed by atoms with E-state index < -0.39 is 0 Å². The average Bonchev–Trinajstić information content (AvgIpc) is 2.63. The highest BCUT2D eigenvalue weighted by atomic mass is 16.5. The Morgan fingerprint density at radius 1 is 1.33 bits per heavy atom. The SMILES string of the molecule is O=C(N[C@@H]1CN(Cc2ccccc2)CC[C@H]1CO)C1=CCCCO1. The fourth-order valence-electron chi connectivity index (χ4n) is 3.39. The highest BCUT2D eigenvalue weighted by Gasteiger charge is 2.31. The molecule has 130 valence electrons. The second kappa shape index (κ2) is 8.31. The van der Waals surface area contributed by atoms with Gasteiger partial charge in [0.1, 0.15) is 0 Å². The molecule has 1 fully saturated rings. The number of nitrogens with zero attached hydrogens (tertiary/aromatic N) is 1. The van der Waals surface area contributed by atoms with E-state index in [9.17, 15) is 9.90 Å². The van der Waals surface area contributed by atoms with Gasteiger partial charge in [-0.15, -0.1) is 0 Å². The Bertz CT molecular complexity index is 573. The maximum absolute atomic E-state index is 12.4. The molecule has 2 aliphatic heterocycles. The van der Waals surface area contributed by atoms with Gasteiger partial charge >= 0.3 is 0 Å². The molecule has 3 rings (SSSR count).